The topological polar surface area (TPSA) is 44.8 Å². The Balaban J connectivity index is 4.22. The minimum atomic E-state index is -0.218. The van der Waals surface area contributed by atoms with Gasteiger partial charge in [-0.05, 0) is 53.6 Å². The summed E-state index contributed by atoms with van der Waals surface area (Å²) in [7, 11) is 4.16. The van der Waals surface area contributed by atoms with Gasteiger partial charge in [-0.2, -0.15) is 0 Å². The third-order valence-electron chi connectivity index (χ3n) is 2.99. The lowest BCUT2D eigenvalue weighted by Gasteiger charge is -2.26. The molecule has 5 nitrogen and oxygen atoms in total. The molecule has 0 aliphatic rings. The molecule has 19 heavy (non-hydrogen) atoms. The SMILES string of the molecule is CCNC(CN(CC)CCCN(C)C)C(=O)OCC. The molecule has 0 aliphatic carbocycles. The number of esters is 1. The highest BCUT2D eigenvalue weighted by atomic mass is 16.5. The van der Waals surface area contributed by atoms with Crippen molar-refractivity contribution < 1.29 is 9.53 Å². The van der Waals surface area contributed by atoms with Gasteiger partial charge in [0.15, 0.2) is 0 Å². The Kier molecular flexibility index (Phi) is 10.8. The van der Waals surface area contributed by atoms with Gasteiger partial charge in [0.25, 0.3) is 0 Å². The van der Waals surface area contributed by atoms with E-state index >= 15 is 0 Å². The van der Waals surface area contributed by atoms with Crippen molar-refractivity contribution in [1.82, 2.24) is 15.1 Å². The van der Waals surface area contributed by atoms with E-state index in [2.05, 4.69) is 36.1 Å². The highest BCUT2D eigenvalue weighted by Crippen LogP contribution is 1.98. The predicted octanol–water partition coefficient (Wildman–Crippen LogP) is 0.801. The minimum Gasteiger partial charge on any atom is -0.465 e. The van der Waals surface area contributed by atoms with Crippen LogP contribution in [0, 0.1) is 0 Å². The molecule has 0 aromatic carbocycles. The first-order chi connectivity index (χ1) is 9.04. The van der Waals surface area contributed by atoms with Crippen molar-refractivity contribution in [2.75, 3.05) is 53.4 Å². The molecular formula is C14H31N3O2. The lowest BCUT2D eigenvalue weighted by Crippen LogP contribution is -2.47. The molecule has 0 spiro atoms. The molecule has 0 fully saturated rings. The Hall–Kier alpha value is -0.650. The highest BCUT2D eigenvalue weighted by Gasteiger charge is 2.21. The number of hydrogen-bond donors (Lipinski definition) is 1. The monoisotopic (exact) mass is 273 g/mol. The van der Waals surface area contributed by atoms with Crippen LogP contribution in [0.15, 0.2) is 0 Å². The summed E-state index contributed by atoms with van der Waals surface area (Å²) in [4.78, 5) is 16.3. The lowest BCUT2D eigenvalue weighted by atomic mass is 10.2. The average Bonchev–Trinajstić information content (AvgIpc) is 2.36. The Labute approximate surface area is 118 Å². The maximum Gasteiger partial charge on any atom is 0.324 e. The molecule has 0 aliphatic heterocycles. The summed E-state index contributed by atoms with van der Waals surface area (Å²) in [6.45, 7) is 10.9. The van der Waals surface area contributed by atoms with Crippen LogP contribution in [0.1, 0.15) is 27.2 Å². The maximum atomic E-state index is 11.8. The zero-order valence-corrected chi connectivity index (χ0v) is 13.2. The highest BCUT2D eigenvalue weighted by molar-refractivity contribution is 5.76. The summed E-state index contributed by atoms with van der Waals surface area (Å²) in [5, 5.41) is 3.20. The summed E-state index contributed by atoms with van der Waals surface area (Å²) < 4.78 is 5.11. The van der Waals surface area contributed by atoms with E-state index in [9.17, 15) is 4.79 Å². The van der Waals surface area contributed by atoms with Crippen LogP contribution in [0.5, 0.6) is 0 Å². The third-order valence-corrected chi connectivity index (χ3v) is 2.99. The quantitative estimate of drug-likeness (QED) is 0.564. The van der Waals surface area contributed by atoms with Gasteiger partial charge in [0.2, 0.25) is 0 Å². The molecular weight excluding hydrogens is 242 g/mol. The van der Waals surface area contributed by atoms with Crippen molar-refractivity contribution in [2.24, 2.45) is 0 Å². The fourth-order valence-corrected chi connectivity index (χ4v) is 1.96. The summed E-state index contributed by atoms with van der Waals surface area (Å²) in [5.74, 6) is -0.143. The second-order valence-corrected chi connectivity index (χ2v) is 4.91. The first kappa shape index (κ1) is 18.4. The van der Waals surface area contributed by atoms with Gasteiger partial charge < -0.3 is 19.9 Å². The molecule has 0 bridgehead atoms. The summed E-state index contributed by atoms with van der Waals surface area (Å²) in [6.07, 6.45) is 1.11. The molecule has 0 heterocycles. The van der Waals surface area contributed by atoms with Gasteiger partial charge in [-0.1, -0.05) is 13.8 Å². The normalized spacial score (nSPS) is 13.0. The maximum absolute atomic E-state index is 11.8. The number of rotatable bonds is 11. The van der Waals surface area contributed by atoms with Crippen molar-refractivity contribution in [3.63, 3.8) is 0 Å². The van der Waals surface area contributed by atoms with E-state index in [1.807, 2.05) is 13.8 Å². The minimum absolute atomic E-state index is 0.143. The molecule has 0 rings (SSSR count). The number of nitrogens with one attached hydrogen (secondary N) is 1. The number of carbonyl (C=O) groups is 1. The van der Waals surface area contributed by atoms with Crippen LogP contribution in [0.2, 0.25) is 0 Å². The largest absolute Gasteiger partial charge is 0.465 e. The molecule has 114 valence electrons. The Morgan fingerprint density at radius 3 is 2.37 bits per heavy atom. The van der Waals surface area contributed by atoms with E-state index in [4.69, 9.17) is 4.74 Å². The van der Waals surface area contributed by atoms with Crippen LogP contribution in [0.4, 0.5) is 0 Å². The second-order valence-electron chi connectivity index (χ2n) is 4.91. The average molecular weight is 273 g/mol. The van der Waals surface area contributed by atoms with Crippen LogP contribution in [-0.4, -0.2) is 75.2 Å². The van der Waals surface area contributed by atoms with Crippen LogP contribution in [0.25, 0.3) is 0 Å². The lowest BCUT2D eigenvalue weighted by molar-refractivity contribution is -0.146. The van der Waals surface area contributed by atoms with Crippen molar-refractivity contribution in [3.05, 3.63) is 0 Å². The molecule has 0 amide bonds. The van der Waals surface area contributed by atoms with E-state index in [-0.39, 0.29) is 12.0 Å². The number of carbonyl (C=O) groups excluding carboxylic acids is 1. The van der Waals surface area contributed by atoms with Crippen LogP contribution >= 0.6 is 0 Å². The number of ether oxygens (including phenoxy) is 1. The Bertz CT molecular complexity index is 235. The number of likely N-dealkylation sites (N-methyl/N-ethyl adjacent to an activating group) is 2. The molecule has 1 N–H and O–H groups in total. The smallest absolute Gasteiger partial charge is 0.324 e. The Morgan fingerprint density at radius 2 is 1.89 bits per heavy atom. The second kappa shape index (κ2) is 11.2. The van der Waals surface area contributed by atoms with Crippen LogP contribution < -0.4 is 5.32 Å². The summed E-state index contributed by atoms with van der Waals surface area (Å²) in [6, 6.07) is -0.218. The molecule has 0 saturated carbocycles. The van der Waals surface area contributed by atoms with Crippen LogP contribution in [-0.2, 0) is 9.53 Å². The first-order valence-electron chi connectivity index (χ1n) is 7.32. The van der Waals surface area contributed by atoms with Gasteiger partial charge in [0.1, 0.15) is 6.04 Å². The van der Waals surface area contributed by atoms with E-state index in [1.165, 1.54) is 0 Å². The number of nitrogens with zero attached hydrogens (tertiary/aromatic N) is 2. The third kappa shape index (κ3) is 8.97. The van der Waals surface area contributed by atoms with E-state index in [1.54, 1.807) is 0 Å². The molecule has 0 saturated heterocycles. The molecule has 0 radical (unpaired) electrons. The molecule has 1 unspecified atom stereocenters. The fourth-order valence-electron chi connectivity index (χ4n) is 1.96. The van der Waals surface area contributed by atoms with Crippen molar-refractivity contribution >= 4 is 5.97 Å². The van der Waals surface area contributed by atoms with Gasteiger partial charge in [-0.3, -0.25) is 4.79 Å². The Morgan fingerprint density at radius 1 is 1.21 bits per heavy atom. The zero-order chi connectivity index (χ0) is 14.7. The standard InChI is InChI=1S/C14H31N3O2/c1-6-15-13(14(18)19-8-3)12-17(7-2)11-9-10-16(4)5/h13,15H,6-12H2,1-5H3. The van der Waals surface area contributed by atoms with Gasteiger partial charge in [-0.25, -0.2) is 0 Å². The summed E-state index contributed by atoms with van der Waals surface area (Å²) in [5.41, 5.74) is 0. The van der Waals surface area contributed by atoms with E-state index in [0.717, 1.165) is 39.1 Å². The van der Waals surface area contributed by atoms with Gasteiger partial charge in [-0.15, -0.1) is 0 Å². The first-order valence-corrected chi connectivity index (χ1v) is 7.32. The predicted molar refractivity (Wildman–Crippen MR) is 79.4 cm³/mol. The molecule has 0 aromatic rings. The van der Waals surface area contributed by atoms with Crippen LogP contribution in [0.3, 0.4) is 0 Å². The van der Waals surface area contributed by atoms with Gasteiger partial charge in [0, 0.05) is 6.54 Å². The number of hydrogen-bond acceptors (Lipinski definition) is 5. The van der Waals surface area contributed by atoms with Gasteiger partial charge >= 0.3 is 5.97 Å². The van der Waals surface area contributed by atoms with Crippen molar-refractivity contribution in [2.45, 2.75) is 33.2 Å². The fraction of sp³-hybridized carbons (Fsp3) is 0.929. The van der Waals surface area contributed by atoms with E-state index in [0.29, 0.717) is 6.61 Å². The molecule has 1 atom stereocenters. The summed E-state index contributed by atoms with van der Waals surface area (Å²) >= 11 is 0. The van der Waals surface area contributed by atoms with Gasteiger partial charge in [0.05, 0.1) is 6.61 Å². The molecule has 5 heteroatoms. The van der Waals surface area contributed by atoms with Crippen molar-refractivity contribution in [3.8, 4) is 0 Å². The zero-order valence-electron chi connectivity index (χ0n) is 13.2. The van der Waals surface area contributed by atoms with E-state index < -0.39 is 0 Å². The van der Waals surface area contributed by atoms with Crippen molar-refractivity contribution in [1.29, 1.82) is 0 Å². The molecule has 0 aromatic heterocycles.